The fourth-order valence-electron chi connectivity index (χ4n) is 3.45. The lowest BCUT2D eigenvalue weighted by Gasteiger charge is -2.21. The molecule has 2 fully saturated rings. The minimum Gasteiger partial charge on any atom is -0.350 e. The normalized spacial score (nSPS) is 29.7. The van der Waals surface area contributed by atoms with Gasteiger partial charge in [0, 0.05) is 18.5 Å². The second-order valence-electron chi connectivity index (χ2n) is 5.48. The van der Waals surface area contributed by atoms with Crippen molar-refractivity contribution < 1.29 is 4.79 Å². The van der Waals surface area contributed by atoms with Gasteiger partial charge in [0.2, 0.25) is 0 Å². The molecule has 0 saturated heterocycles. The van der Waals surface area contributed by atoms with Crippen molar-refractivity contribution in [2.45, 2.75) is 32.2 Å². The molecular formula is C13H19N3OS. The Morgan fingerprint density at radius 3 is 3.00 bits per heavy atom. The van der Waals surface area contributed by atoms with E-state index in [1.165, 1.54) is 37.0 Å². The van der Waals surface area contributed by atoms with E-state index in [1.807, 2.05) is 0 Å². The Hall–Kier alpha value is -0.940. The topological polar surface area (TPSA) is 68.0 Å². The van der Waals surface area contributed by atoms with Gasteiger partial charge in [-0.1, -0.05) is 6.42 Å². The Morgan fingerprint density at radius 1 is 1.50 bits per heavy atom. The molecule has 1 aromatic rings. The van der Waals surface area contributed by atoms with Crippen molar-refractivity contribution in [2.75, 3.05) is 6.54 Å². The van der Waals surface area contributed by atoms with Crippen LogP contribution in [0.1, 0.15) is 41.2 Å². The average Bonchev–Trinajstić information content (AvgIpc) is 3.10. The number of fused-ring (bicyclic) bond motifs is 2. The van der Waals surface area contributed by atoms with Crippen LogP contribution in [0.4, 0.5) is 0 Å². The summed E-state index contributed by atoms with van der Waals surface area (Å²) in [6.45, 7) is 1.22. The van der Waals surface area contributed by atoms with Crippen molar-refractivity contribution in [1.82, 2.24) is 10.3 Å². The highest BCUT2D eigenvalue weighted by Crippen LogP contribution is 2.47. The van der Waals surface area contributed by atoms with Crippen molar-refractivity contribution in [3.8, 4) is 0 Å². The maximum atomic E-state index is 11.9. The Labute approximate surface area is 111 Å². The molecule has 18 heavy (non-hydrogen) atoms. The Balaban J connectivity index is 1.52. The summed E-state index contributed by atoms with van der Waals surface area (Å²) < 4.78 is 0. The summed E-state index contributed by atoms with van der Waals surface area (Å²) in [6.07, 6.45) is 5.45. The quantitative estimate of drug-likeness (QED) is 0.871. The first-order chi connectivity index (χ1) is 8.76. The van der Waals surface area contributed by atoms with E-state index in [1.54, 1.807) is 5.38 Å². The maximum Gasteiger partial charge on any atom is 0.270 e. The highest BCUT2D eigenvalue weighted by molar-refractivity contribution is 7.09. The van der Waals surface area contributed by atoms with Gasteiger partial charge < -0.3 is 11.1 Å². The number of amides is 1. The molecule has 3 atom stereocenters. The molecule has 1 heterocycles. The fourth-order valence-corrected chi connectivity index (χ4v) is 4.10. The summed E-state index contributed by atoms with van der Waals surface area (Å²) in [7, 11) is 0. The second-order valence-corrected chi connectivity index (χ2v) is 6.42. The molecule has 2 saturated carbocycles. The largest absolute Gasteiger partial charge is 0.350 e. The lowest BCUT2D eigenvalue weighted by Crippen LogP contribution is -2.31. The number of carbonyl (C=O) groups is 1. The predicted molar refractivity (Wildman–Crippen MR) is 71.3 cm³/mol. The molecule has 2 bridgehead atoms. The van der Waals surface area contributed by atoms with Gasteiger partial charge in [-0.15, -0.1) is 11.3 Å². The number of rotatable bonds is 4. The SMILES string of the molecule is NCc1nc(C(=O)NCC2CC3CCC2C3)cs1. The molecule has 3 unspecified atom stereocenters. The number of nitrogens with one attached hydrogen (secondary N) is 1. The van der Waals surface area contributed by atoms with Crippen molar-refractivity contribution in [1.29, 1.82) is 0 Å². The van der Waals surface area contributed by atoms with Crippen LogP contribution in [0.5, 0.6) is 0 Å². The van der Waals surface area contributed by atoms with Gasteiger partial charge in [0.05, 0.1) is 0 Å². The molecule has 98 valence electrons. The molecule has 3 rings (SSSR count). The molecule has 1 aromatic heterocycles. The highest BCUT2D eigenvalue weighted by Gasteiger charge is 2.39. The van der Waals surface area contributed by atoms with Gasteiger partial charge in [-0.3, -0.25) is 4.79 Å². The van der Waals surface area contributed by atoms with E-state index in [2.05, 4.69) is 10.3 Å². The van der Waals surface area contributed by atoms with Crippen LogP contribution in [-0.2, 0) is 6.54 Å². The molecule has 0 spiro atoms. The number of nitrogens with zero attached hydrogens (tertiary/aromatic N) is 1. The van der Waals surface area contributed by atoms with E-state index in [-0.39, 0.29) is 5.91 Å². The van der Waals surface area contributed by atoms with Crippen molar-refractivity contribution in [3.05, 3.63) is 16.1 Å². The molecule has 0 aliphatic heterocycles. The van der Waals surface area contributed by atoms with Gasteiger partial charge in [0.25, 0.3) is 5.91 Å². The minimum absolute atomic E-state index is 0.0475. The number of nitrogens with two attached hydrogens (primary N) is 1. The lowest BCUT2D eigenvalue weighted by molar-refractivity contribution is 0.0937. The van der Waals surface area contributed by atoms with E-state index in [0.717, 1.165) is 23.4 Å². The third-order valence-corrected chi connectivity index (χ3v) is 5.24. The van der Waals surface area contributed by atoms with Gasteiger partial charge in [0.1, 0.15) is 10.7 Å². The molecule has 1 amide bonds. The van der Waals surface area contributed by atoms with E-state index in [9.17, 15) is 4.79 Å². The zero-order valence-electron chi connectivity index (χ0n) is 10.4. The van der Waals surface area contributed by atoms with Gasteiger partial charge in [-0.2, -0.15) is 0 Å². The molecular weight excluding hydrogens is 246 g/mol. The summed E-state index contributed by atoms with van der Waals surface area (Å²) in [4.78, 5) is 16.1. The van der Waals surface area contributed by atoms with Gasteiger partial charge >= 0.3 is 0 Å². The van der Waals surface area contributed by atoms with Crippen molar-refractivity contribution in [2.24, 2.45) is 23.5 Å². The van der Waals surface area contributed by atoms with Crippen LogP contribution < -0.4 is 11.1 Å². The highest BCUT2D eigenvalue weighted by atomic mass is 32.1. The second kappa shape index (κ2) is 4.97. The molecule has 3 N–H and O–H groups in total. The average molecular weight is 265 g/mol. The maximum absolute atomic E-state index is 11.9. The van der Waals surface area contributed by atoms with Crippen LogP contribution in [0.25, 0.3) is 0 Å². The molecule has 0 aromatic carbocycles. The molecule has 4 nitrogen and oxygen atoms in total. The Kier molecular flexibility index (Phi) is 3.35. The standard InChI is InChI=1S/C13H19N3OS/c14-5-12-16-11(7-18-12)13(17)15-6-10-4-8-1-2-9(10)3-8/h7-10H,1-6,14H2,(H,15,17). The van der Waals surface area contributed by atoms with Crippen molar-refractivity contribution in [3.63, 3.8) is 0 Å². The lowest BCUT2D eigenvalue weighted by atomic mass is 9.89. The van der Waals surface area contributed by atoms with Crippen LogP contribution in [0.2, 0.25) is 0 Å². The summed E-state index contributed by atoms with van der Waals surface area (Å²) in [6, 6.07) is 0. The summed E-state index contributed by atoms with van der Waals surface area (Å²) in [5.41, 5.74) is 6.01. The van der Waals surface area contributed by atoms with Crippen molar-refractivity contribution >= 4 is 17.2 Å². The van der Waals surface area contributed by atoms with Crippen LogP contribution in [0.15, 0.2) is 5.38 Å². The molecule has 5 heteroatoms. The number of aromatic nitrogens is 1. The Morgan fingerprint density at radius 2 is 2.39 bits per heavy atom. The first-order valence-electron chi connectivity index (χ1n) is 6.69. The van der Waals surface area contributed by atoms with Crippen LogP contribution in [0, 0.1) is 17.8 Å². The third-order valence-electron chi connectivity index (χ3n) is 4.37. The van der Waals surface area contributed by atoms with Crippen LogP contribution in [0.3, 0.4) is 0 Å². The number of carbonyl (C=O) groups excluding carboxylic acids is 1. The summed E-state index contributed by atoms with van der Waals surface area (Å²) in [5, 5.41) is 5.64. The minimum atomic E-state index is -0.0475. The van der Waals surface area contributed by atoms with Crippen LogP contribution in [-0.4, -0.2) is 17.4 Å². The van der Waals surface area contributed by atoms with E-state index in [4.69, 9.17) is 5.73 Å². The molecule has 0 radical (unpaired) electrons. The summed E-state index contributed by atoms with van der Waals surface area (Å²) >= 11 is 1.45. The zero-order chi connectivity index (χ0) is 12.5. The van der Waals surface area contributed by atoms with E-state index in [0.29, 0.717) is 18.2 Å². The van der Waals surface area contributed by atoms with E-state index < -0.39 is 0 Å². The predicted octanol–water partition coefficient (Wildman–Crippen LogP) is 1.77. The monoisotopic (exact) mass is 265 g/mol. The fraction of sp³-hybridized carbons (Fsp3) is 0.692. The third kappa shape index (κ3) is 2.29. The molecule has 2 aliphatic rings. The molecule has 2 aliphatic carbocycles. The zero-order valence-corrected chi connectivity index (χ0v) is 11.2. The smallest absolute Gasteiger partial charge is 0.270 e. The van der Waals surface area contributed by atoms with Gasteiger partial charge in [-0.05, 0) is 37.0 Å². The van der Waals surface area contributed by atoms with Gasteiger partial charge in [-0.25, -0.2) is 4.98 Å². The van der Waals surface area contributed by atoms with Gasteiger partial charge in [0.15, 0.2) is 0 Å². The van der Waals surface area contributed by atoms with E-state index >= 15 is 0 Å². The Bertz CT molecular complexity index is 445. The first kappa shape index (κ1) is 12.1. The number of hydrogen-bond donors (Lipinski definition) is 2. The van der Waals surface area contributed by atoms with Crippen LogP contribution >= 0.6 is 11.3 Å². The number of hydrogen-bond acceptors (Lipinski definition) is 4. The first-order valence-corrected chi connectivity index (χ1v) is 7.57. The summed E-state index contributed by atoms with van der Waals surface area (Å²) in [5.74, 6) is 2.43. The number of thiazole rings is 1.